The SMILES string of the molecule is CCCCCCCCCCCCCCCCCCCC(O)CC(C)CCCCCCCCCCCCCCCCCO. The third-order valence-electron chi connectivity index (χ3n) is 9.67. The van der Waals surface area contributed by atoms with Crippen molar-refractivity contribution in [3.05, 3.63) is 0 Å². The average molecular weight is 595 g/mol. The molecule has 2 heteroatoms. The Labute approximate surface area is 267 Å². The molecular weight excluding hydrogens is 512 g/mol. The topological polar surface area (TPSA) is 40.5 Å². The first-order valence-corrected chi connectivity index (χ1v) is 20.0. The first-order chi connectivity index (χ1) is 20.7. The van der Waals surface area contributed by atoms with Crippen LogP contribution in [0.4, 0.5) is 0 Å². The quantitative estimate of drug-likeness (QED) is 0.0702. The fourth-order valence-electron chi connectivity index (χ4n) is 6.71. The van der Waals surface area contributed by atoms with Crippen molar-refractivity contribution in [2.75, 3.05) is 6.61 Å². The maximum Gasteiger partial charge on any atom is 0.0542 e. The molecule has 0 fully saturated rings. The zero-order valence-corrected chi connectivity index (χ0v) is 29.5. The maximum atomic E-state index is 10.5. The zero-order valence-electron chi connectivity index (χ0n) is 29.5. The molecule has 2 N–H and O–H groups in total. The molecule has 254 valence electrons. The van der Waals surface area contributed by atoms with Gasteiger partial charge in [-0.1, -0.05) is 219 Å². The summed E-state index contributed by atoms with van der Waals surface area (Å²) < 4.78 is 0. The summed E-state index contributed by atoms with van der Waals surface area (Å²) in [6.45, 7) is 5.02. The van der Waals surface area contributed by atoms with Crippen LogP contribution in [0.2, 0.25) is 0 Å². The monoisotopic (exact) mass is 595 g/mol. The van der Waals surface area contributed by atoms with Crippen LogP contribution in [0.5, 0.6) is 0 Å². The Morgan fingerprint density at radius 1 is 0.357 bits per heavy atom. The van der Waals surface area contributed by atoms with Crippen molar-refractivity contribution in [2.24, 2.45) is 5.92 Å². The Balaban J connectivity index is 3.25. The number of aliphatic hydroxyl groups excluding tert-OH is 2. The van der Waals surface area contributed by atoms with Crippen LogP contribution >= 0.6 is 0 Å². The van der Waals surface area contributed by atoms with Crippen molar-refractivity contribution in [1.82, 2.24) is 0 Å². The van der Waals surface area contributed by atoms with Crippen molar-refractivity contribution in [2.45, 2.75) is 245 Å². The highest BCUT2D eigenvalue weighted by Crippen LogP contribution is 2.20. The van der Waals surface area contributed by atoms with E-state index in [-0.39, 0.29) is 6.10 Å². The van der Waals surface area contributed by atoms with Gasteiger partial charge in [0.05, 0.1) is 6.10 Å². The van der Waals surface area contributed by atoms with Crippen molar-refractivity contribution < 1.29 is 10.2 Å². The van der Waals surface area contributed by atoms with Gasteiger partial charge in [-0.05, 0) is 25.2 Å². The molecule has 0 radical (unpaired) electrons. The number of hydrogen-bond acceptors (Lipinski definition) is 2. The first-order valence-electron chi connectivity index (χ1n) is 20.0. The van der Waals surface area contributed by atoms with E-state index in [9.17, 15) is 5.11 Å². The predicted molar refractivity (Wildman–Crippen MR) is 190 cm³/mol. The molecule has 0 bridgehead atoms. The van der Waals surface area contributed by atoms with Crippen molar-refractivity contribution >= 4 is 0 Å². The van der Waals surface area contributed by atoms with Gasteiger partial charge >= 0.3 is 0 Å². The molecular formula is C40H82O2. The van der Waals surface area contributed by atoms with Gasteiger partial charge in [0.15, 0.2) is 0 Å². The Bertz CT molecular complexity index is 465. The summed E-state index contributed by atoms with van der Waals surface area (Å²) in [5.41, 5.74) is 0. The standard InChI is InChI=1S/C40H82O2/c1-3-4-5-6-7-8-9-10-11-12-15-18-21-24-27-30-33-36-40(42)38-39(2)35-32-29-26-23-20-17-14-13-16-19-22-25-28-31-34-37-41/h39-42H,3-38H2,1-2H3. The Kier molecular flexibility index (Phi) is 37.0. The lowest BCUT2D eigenvalue weighted by atomic mass is 9.94. The summed E-state index contributed by atoms with van der Waals surface area (Å²) >= 11 is 0. The van der Waals surface area contributed by atoms with Gasteiger partial charge < -0.3 is 10.2 Å². The second kappa shape index (κ2) is 37.1. The summed E-state index contributed by atoms with van der Waals surface area (Å²) in [5.74, 6) is 0.681. The maximum absolute atomic E-state index is 10.5. The van der Waals surface area contributed by atoms with E-state index in [1.807, 2.05) is 0 Å². The van der Waals surface area contributed by atoms with Crippen molar-refractivity contribution in [3.63, 3.8) is 0 Å². The van der Waals surface area contributed by atoms with E-state index in [1.54, 1.807) is 0 Å². The molecule has 2 unspecified atom stereocenters. The molecule has 0 amide bonds. The molecule has 0 spiro atoms. The number of unbranched alkanes of at least 4 members (excludes halogenated alkanes) is 30. The molecule has 2 atom stereocenters. The smallest absolute Gasteiger partial charge is 0.0542 e. The minimum atomic E-state index is -0.0670. The van der Waals surface area contributed by atoms with E-state index < -0.39 is 0 Å². The van der Waals surface area contributed by atoms with Gasteiger partial charge in [0.25, 0.3) is 0 Å². The summed E-state index contributed by atoms with van der Waals surface area (Å²) in [6, 6.07) is 0. The lowest BCUT2D eigenvalue weighted by Crippen LogP contribution is -2.11. The number of aliphatic hydroxyl groups is 2. The predicted octanol–water partition coefficient (Wildman–Crippen LogP) is 13.6. The van der Waals surface area contributed by atoms with Crippen LogP contribution in [0.25, 0.3) is 0 Å². The summed E-state index contributed by atoms with van der Waals surface area (Å²) in [7, 11) is 0. The zero-order chi connectivity index (χ0) is 30.6. The molecule has 0 rings (SSSR count). The van der Waals surface area contributed by atoms with Gasteiger partial charge in [0, 0.05) is 6.61 Å². The van der Waals surface area contributed by atoms with E-state index >= 15 is 0 Å². The van der Waals surface area contributed by atoms with E-state index in [2.05, 4.69) is 13.8 Å². The second-order valence-corrected chi connectivity index (χ2v) is 14.3. The normalized spacial score (nSPS) is 13.1. The molecule has 0 saturated heterocycles. The first kappa shape index (κ1) is 41.9. The minimum Gasteiger partial charge on any atom is -0.396 e. The van der Waals surface area contributed by atoms with E-state index in [0.29, 0.717) is 12.5 Å². The molecule has 0 aliphatic rings. The van der Waals surface area contributed by atoms with Crippen LogP contribution in [0.15, 0.2) is 0 Å². The van der Waals surface area contributed by atoms with E-state index in [4.69, 9.17) is 5.11 Å². The van der Waals surface area contributed by atoms with Gasteiger partial charge in [0.2, 0.25) is 0 Å². The molecule has 0 aromatic rings. The molecule has 42 heavy (non-hydrogen) atoms. The summed E-state index contributed by atoms with van der Waals surface area (Å²) in [5, 5.41) is 19.3. The Morgan fingerprint density at radius 3 is 0.929 bits per heavy atom. The third-order valence-corrected chi connectivity index (χ3v) is 9.67. The largest absolute Gasteiger partial charge is 0.396 e. The lowest BCUT2D eigenvalue weighted by Gasteiger charge is -2.16. The van der Waals surface area contributed by atoms with E-state index in [0.717, 1.165) is 19.3 Å². The fraction of sp³-hybridized carbons (Fsp3) is 1.00. The summed E-state index contributed by atoms with van der Waals surface area (Å²) in [6.07, 6.45) is 47.7. The van der Waals surface area contributed by atoms with Gasteiger partial charge in [-0.2, -0.15) is 0 Å². The van der Waals surface area contributed by atoms with Crippen LogP contribution < -0.4 is 0 Å². The molecule has 0 aliphatic carbocycles. The number of hydrogen-bond donors (Lipinski definition) is 2. The van der Waals surface area contributed by atoms with Gasteiger partial charge in [-0.15, -0.1) is 0 Å². The molecule has 0 saturated carbocycles. The van der Waals surface area contributed by atoms with Crippen LogP contribution in [0.1, 0.15) is 239 Å². The average Bonchev–Trinajstić information content (AvgIpc) is 2.98. The summed E-state index contributed by atoms with van der Waals surface area (Å²) in [4.78, 5) is 0. The van der Waals surface area contributed by atoms with E-state index in [1.165, 1.54) is 205 Å². The Morgan fingerprint density at radius 2 is 0.619 bits per heavy atom. The highest BCUT2D eigenvalue weighted by molar-refractivity contribution is 4.63. The molecule has 2 nitrogen and oxygen atoms in total. The van der Waals surface area contributed by atoms with Gasteiger partial charge in [-0.25, -0.2) is 0 Å². The molecule has 0 heterocycles. The second-order valence-electron chi connectivity index (χ2n) is 14.3. The van der Waals surface area contributed by atoms with Gasteiger partial charge in [-0.3, -0.25) is 0 Å². The van der Waals surface area contributed by atoms with Crippen LogP contribution in [0, 0.1) is 5.92 Å². The fourth-order valence-corrected chi connectivity index (χ4v) is 6.71. The van der Waals surface area contributed by atoms with Crippen molar-refractivity contribution in [3.8, 4) is 0 Å². The van der Waals surface area contributed by atoms with Crippen molar-refractivity contribution in [1.29, 1.82) is 0 Å². The molecule has 0 aromatic carbocycles. The highest BCUT2D eigenvalue weighted by Gasteiger charge is 2.10. The molecule has 0 aliphatic heterocycles. The van der Waals surface area contributed by atoms with Crippen LogP contribution in [-0.2, 0) is 0 Å². The van der Waals surface area contributed by atoms with Crippen LogP contribution in [0.3, 0.4) is 0 Å². The lowest BCUT2D eigenvalue weighted by molar-refractivity contribution is 0.130. The highest BCUT2D eigenvalue weighted by atomic mass is 16.3. The number of rotatable bonds is 37. The molecule has 0 aromatic heterocycles. The third kappa shape index (κ3) is 36.1. The Hall–Kier alpha value is -0.0800. The van der Waals surface area contributed by atoms with Crippen LogP contribution in [-0.4, -0.2) is 22.9 Å². The van der Waals surface area contributed by atoms with Gasteiger partial charge in [0.1, 0.15) is 0 Å². The minimum absolute atomic E-state index is 0.0670.